The maximum absolute atomic E-state index is 12.7. The Kier molecular flexibility index (Phi) is 4.92. The van der Waals surface area contributed by atoms with Crippen molar-refractivity contribution < 1.29 is 4.79 Å². The molecule has 1 amide bonds. The summed E-state index contributed by atoms with van der Waals surface area (Å²) < 4.78 is 1.69. The van der Waals surface area contributed by atoms with Crippen molar-refractivity contribution in [1.29, 1.82) is 0 Å². The first kappa shape index (κ1) is 18.1. The van der Waals surface area contributed by atoms with Crippen LogP contribution in [0.1, 0.15) is 47.2 Å². The number of amides is 1. The third kappa shape index (κ3) is 3.86. The van der Waals surface area contributed by atoms with Crippen molar-refractivity contribution in [2.75, 3.05) is 18.4 Å². The number of rotatable bonds is 4. The summed E-state index contributed by atoms with van der Waals surface area (Å²) in [6, 6.07) is 1.94. The standard InChI is InChI=1S/C19H24N6OS/c1-12-5-4-6-24(9-12)10-15-11-27-19(22-15)23-18(26)16-8-20-25-14(3)7-13(2)21-17(16)25/h7-8,11-12H,4-6,9-10H2,1-3H3,(H,22,23,26). The molecule has 4 heterocycles. The van der Waals surface area contributed by atoms with Crippen LogP contribution in [0.25, 0.3) is 5.65 Å². The van der Waals surface area contributed by atoms with Crippen molar-refractivity contribution in [1.82, 2.24) is 24.5 Å². The number of fused-ring (bicyclic) bond motifs is 1. The van der Waals surface area contributed by atoms with Gasteiger partial charge in [0.25, 0.3) is 5.91 Å². The molecule has 7 nitrogen and oxygen atoms in total. The minimum absolute atomic E-state index is 0.227. The zero-order valence-electron chi connectivity index (χ0n) is 15.9. The van der Waals surface area contributed by atoms with Crippen molar-refractivity contribution in [2.45, 2.75) is 40.2 Å². The molecule has 1 aliphatic heterocycles. The van der Waals surface area contributed by atoms with Gasteiger partial charge in [-0.25, -0.2) is 14.5 Å². The lowest BCUT2D eigenvalue weighted by Crippen LogP contribution is -2.33. The number of nitrogens with one attached hydrogen (secondary N) is 1. The number of carbonyl (C=O) groups excluding carboxylic acids is 1. The predicted molar refractivity (Wildman–Crippen MR) is 106 cm³/mol. The average molecular weight is 385 g/mol. The largest absolute Gasteiger partial charge is 0.298 e. The highest BCUT2D eigenvalue weighted by molar-refractivity contribution is 7.14. The van der Waals surface area contributed by atoms with Crippen LogP contribution in [0.15, 0.2) is 17.6 Å². The lowest BCUT2D eigenvalue weighted by Gasteiger charge is -2.30. The smallest absolute Gasteiger partial charge is 0.262 e. The van der Waals surface area contributed by atoms with E-state index in [4.69, 9.17) is 0 Å². The van der Waals surface area contributed by atoms with E-state index in [0.29, 0.717) is 16.3 Å². The summed E-state index contributed by atoms with van der Waals surface area (Å²) in [5, 5.41) is 9.82. The van der Waals surface area contributed by atoms with Crippen LogP contribution in [0.4, 0.5) is 5.13 Å². The van der Waals surface area contributed by atoms with Crippen molar-refractivity contribution in [2.24, 2.45) is 5.92 Å². The molecule has 0 spiro atoms. The minimum atomic E-state index is -0.227. The Morgan fingerprint density at radius 2 is 2.22 bits per heavy atom. The van der Waals surface area contributed by atoms with Crippen LogP contribution >= 0.6 is 11.3 Å². The summed E-state index contributed by atoms with van der Waals surface area (Å²) in [5.41, 5.74) is 3.85. The van der Waals surface area contributed by atoms with Crippen molar-refractivity contribution in [3.63, 3.8) is 0 Å². The molecule has 1 atom stereocenters. The molecule has 4 rings (SSSR count). The summed E-state index contributed by atoms with van der Waals surface area (Å²) in [4.78, 5) is 24.2. The first-order chi connectivity index (χ1) is 13.0. The highest BCUT2D eigenvalue weighted by atomic mass is 32.1. The number of anilines is 1. The Morgan fingerprint density at radius 1 is 1.37 bits per heavy atom. The molecule has 8 heteroatoms. The Balaban J connectivity index is 1.47. The lowest BCUT2D eigenvalue weighted by molar-refractivity contribution is 0.102. The van der Waals surface area contributed by atoms with Crippen LogP contribution in [0, 0.1) is 19.8 Å². The number of likely N-dealkylation sites (tertiary alicyclic amines) is 1. The summed E-state index contributed by atoms with van der Waals surface area (Å²) in [6.07, 6.45) is 4.12. The van der Waals surface area contributed by atoms with E-state index < -0.39 is 0 Å². The van der Waals surface area contributed by atoms with Crippen LogP contribution in [-0.4, -0.2) is 43.5 Å². The summed E-state index contributed by atoms with van der Waals surface area (Å²) in [7, 11) is 0. The second kappa shape index (κ2) is 7.36. The van der Waals surface area contributed by atoms with Crippen LogP contribution in [0.2, 0.25) is 0 Å². The fourth-order valence-corrected chi connectivity index (χ4v) is 4.39. The highest BCUT2D eigenvalue weighted by Gasteiger charge is 2.19. The molecular weight excluding hydrogens is 360 g/mol. The van der Waals surface area contributed by atoms with Gasteiger partial charge in [0, 0.05) is 29.9 Å². The van der Waals surface area contributed by atoms with Crippen LogP contribution in [-0.2, 0) is 6.54 Å². The SMILES string of the molecule is Cc1cc(C)n2ncc(C(=O)Nc3nc(CN4CCCC(C)C4)cs3)c2n1. The fraction of sp³-hybridized carbons (Fsp3) is 0.474. The third-order valence-electron chi connectivity index (χ3n) is 4.92. The topological polar surface area (TPSA) is 75.4 Å². The number of nitrogens with zero attached hydrogens (tertiary/aromatic N) is 5. The predicted octanol–water partition coefficient (Wildman–Crippen LogP) is 3.29. The third-order valence-corrected chi connectivity index (χ3v) is 5.73. The van der Waals surface area contributed by atoms with E-state index in [2.05, 4.69) is 32.2 Å². The second-order valence-corrected chi connectivity index (χ2v) is 8.27. The van der Waals surface area contributed by atoms with E-state index in [0.717, 1.165) is 42.6 Å². The van der Waals surface area contributed by atoms with Gasteiger partial charge in [0.05, 0.1) is 11.9 Å². The molecule has 0 aromatic carbocycles. The summed E-state index contributed by atoms with van der Waals surface area (Å²) >= 11 is 1.46. The van der Waals surface area contributed by atoms with Gasteiger partial charge in [-0.3, -0.25) is 15.0 Å². The quantitative estimate of drug-likeness (QED) is 0.747. The molecule has 0 saturated carbocycles. The zero-order chi connectivity index (χ0) is 19.0. The number of piperidine rings is 1. The molecule has 1 N–H and O–H groups in total. The fourth-order valence-electron chi connectivity index (χ4n) is 3.69. The number of thiazole rings is 1. The van der Waals surface area contributed by atoms with E-state index in [1.807, 2.05) is 25.3 Å². The maximum atomic E-state index is 12.7. The minimum Gasteiger partial charge on any atom is -0.298 e. The van der Waals surface area contributed by atoms with Crippen molar-refractivity contribution in [3.8, 4) is 0 Å². The Labute approximate surface area is 162 Å². The lowest BCUT2D eigenvalue weighted by atomic mass is 10.0. The van der Waals surface area contributed by atoms with Crippen LogP contribution in [0.5, 0.6) is 0 Å². The number of hydrogen-bond donors (Lipinski definition) is 1. The van der Waals surface area contributed by atoms with Gasteiger partial charge in [0.15, 0.2) is 10.8 Å². The van der Waals surface area contributed by atoms with E-state index in [9.17, 15) is 4.79 Å². The van der Waals surface area contributed by atoms with Gasteiger partial charge in [0.1, 0.15) is 5.56 Å². The normalized spacial score (nSPS) is 18.1. The molecule has 1 aliphatic rings. The van der Waals surface area contributed by atoms with Gasteiger partial charge >= 0.3 is 0 Å². The van der Waals surface area contributed by atoms with E-state index in [1.54, 1.807) is 10.7 Å². The van der Waals surface area contributed by atoms with Gasteiger partial charge in [-0.1, -0.05) is 6.92 Å². The van der Waals surface area contributed by atoms with Gasteiger partial charge in [-0.2, -0.15) is 5.10 Å². The zero-order valence-corrected chi connectivity index (χ0v) is 16.7. The van der Waals surface area contributed by atoms with Crippen LogP contribution in [0.3, 0.4) is 0 Å². The molecular formula is C19H24N6OS. The summed E-state index contributed by atoms with van der Waals surface area (Å²) in [5.74, 6) is 0.515. The van der Waals surface area contributed by atoms with Gasteiger partial charge < -0.3 is 0 Å². The van der Waals surface area contributed by atoms with Gasteiger partial charge in [-0.05, 0) is 45.2 Å². The Morgan fingerprint density at radius 3 is 3.04 bits per heavy atom. The molecule has 1 unspecified atom stereocenters. The summed E-state index contributed by atoms with van der Waals surface area (Å²) in [6.45, 7) is 9.24. The molecule has 0 bridgehead atoms. The maximum Gasteiger partial charge on any atom is 0.262 e. The number of aryl methyl sites for hydroxylation is 2. The number of carbonyl (C=O) groups is 1. The number of hydrogen-bond acceptors (Lipinski definition) is 6. The second-order valence-electron chi connectivity index (χ2n) is 7.41. The van der Waals surface area contributed by atoms with E-state index in [1.165, 1.54) is 24.2 Å². The Hall–Kier alpha value is -2.32. The number of aromatic nitrogens is 4. The highest BCUT2D eigenvalue weighted by Crippen LogP contribution is 2.22. The van der Waals surface area contributed by atoms with E-state index >= 15 is 0 Å². The molecule has 142 valence electrons. The molecule has 0 aliphatic carbocycles. The first-order valence-electron chi connectivity index (χ1n) is 9.29. The molecule has 1 fully saturated rings. The van der Waals surface area contributed by atoms with Crippen molar-refractivity contribution in [3.05, 3.63) is 40.3 Å². The Bertz CT molecular complexity index is 978. The molecule has 3 aromatic heterocycles. The van der Waals surface area contributed by atoms with E-state index in [-0.39, 0.29) is 5.91 Å². The van der Waals surface area contributed by atoms with Gasteiger partial charge in [0.2, 0.25) is 0 Å². The average Bonchev–Trinajstić information content (AvgIpc) is 3.22. The molecule has 0 radical (unpaired) electrons. The monoisotopic (exact) mass is 384 g/mol. The molecule has 3 aromatic rings. The molecule has 1 saturated heterocycles. The van der Waals surface area contributed by atoms with Crippen molar-refractivity contribution >= 4 is 28.0 Å². The van der Waals surface area contributed by atoms with Crippen LogP contribution < -0.4 is 5.32 Å². The first-order valence-corrected chi connectivity index (χ1v) is 10.2. The molecule has 27 heavy (non-hydrogen) atoms. The van der Waals surface area contributed by atoms with Gasteiger partial charge in [-0.15, -0.1) is 11.3 Å².